The highest BCUT2D eigenvalue weighted by atomic mass is 32.2. The molecule has 1 aromatic carbocycles. The molecule has 1 saturated heterocycles. The molecule has 162 valence electrons. The summed E-state index contributed by atoms with van der Waals surface area (Å²) in [7, 11) is -4.11. The molecule has 0 radical (unpaired) electrons. The van der Waals surface area contributed by atoms with E-state index < -0.39 is 32.8 Å². The Hall–Kier alpha value is -2.02. The number of nitrogens with one attached hydrogen (secondary N) is 1. The average Bonchev–Trinajstić information content (AvgIpc) is 3.36. The molecule has 1 aromatic heterocycles. The van der Waals surface area contributed by atoms with Crippen molar-refractivity contribution in [2.75, 3.05) is 18.5 Å². The summed E-state index contributed by atoms with van der Waals surface area (Å²) in [5, 5.41) is 3.06. The van der Waals surface area contributed by atoms with Gasteiger partial charge >= 0.3 is 6.18 Å². The zero-order valence-corrected chi connectivity index (χ0v) is 17.2. The van der Waals surface area contributed by atoms with E-state index in [4.69, 9.17) is 4.74 Å². The molecular formula is C18H18F3N3O4S2. The van der Waals surface area contributed by atoms with E-state index in [1.54, 1.807) is 0 Å². The van der Waals surface area contributed by atoms with Crippen LogP contribution in [0.4, 0.5) is 18.3 Å². The number of ether oxygens (including phenoxy) is 1. The van der Waals surface area contributed by atoms with Crippen LogP contribution in [0.2, 0.25) is 0 Å². The molecular weight excluding hydrogens is 443 g/mol. The monoisotopic (exact) mass is 461 g/mol. The number of nitrogens with zero attached hydrogens (tertiary/aromatic N) is 2. The Kier molecular flexibility index (Phi) is 5.60. The minimum Gasteiger partial charge on any atom is -0.368 e. The number of amides is 1. The van der Waals surface area contributed by atoms with Gasteiger partial charge in [-0.2, -0.15) is 17.5 Å². The van der Waals surface area contributed by atoms with Crippen LogP contribution in [0.15, 0.2) is 29.2 Å². The van der Waals surface area contributed by atoms with Crippen LogP contribution in [0.3, 0.4) is 0 Å². The third-order valence-corrected chi connectivity index (χ3v) is 7.79. The first-order chi connectivity index (χ1) is 14.1. The number of carbonyl (C=O) groups is 1. The van der Waals surface area contributed by atoms with Gasteiger partial charge in [0.1, 0.15) is 6.10 Å². The number of thiazole rings is 1. The number of rotatable bonds is 4. The van der Waals surface area contributed by atoms with E-state index in [0.29, 0.717) is 41.2 Å². The standard InChI is InChI=1S/C18H18F3N3O4S2/c19-18(20,21)11-3-1-4-12(9-11)30(26,27)24-7-6-13-15(10-24)29-17(22-13)23-16(25)14-5-2-8-28-14/h1,3-4,9,14H,2,5-8,10H2,(H,22,23,25). The zero-order chi connectivity index (χ0) is 21.5. The van der Waals surface area contributed by atoms with Crippen LogP contribution in [-0.4, -0.2) is 42.9 Å². The highest BCUT2D eigenvalue weighted by Gasteiger charge is 2.35. The van der Waals surface area contributed by atoms with Crippen LogP contribution < -0.4 is 5.32 Å². The third kappa shape index (κ3) is 4.22. The molecule has 1 amide bonds. The molecule has 3 heterocycles. The quantitative estimate of drug-likeness (QED) is 0.756. The van der Waals surface area contributed by atoms with Crippen LogP contribution >= 0.6 is 11.3 Å². The van der Waals surface area contributed by atoms with Crippen molar-refractivity contribution < 1.29 is 31.1 Å². The van der Waals surface area contributed by atoms with Crippen LogP contribution in [0, 0.1) is 0 Å². The van der Waals surface area contributed by atoms with Gasteiger partial charge in [0.2, 0.25) is 10.0 Å². The van der Waals surface area contributed by atoms with E-state index in [0.717, 1.165) is 40.3 Å². The number of aromatic nitrogens is 1. The van der Waals surface area contributed by atoms with Gasteiger partial charge in [-0.15, -0.1) is 11.3 Å². The first kappa shape index (κ1) is 21.2. The van der Waals surface area contributed by atoms with Gasteiger partial charge < -0.3 is 4.74 Å². The molecule has 2 aliphatic heterocycles. The number of hydrogen-bond acceptors (Lipinski definition) is 6. The van der Waals surface area contributed by atoms with Crippen molar-refractivity contribution in [3.63, 3.8) is 0 Å². The van der Waals surface area contributed by atoms with Crippen LogP contribution in [0.1, 0.15) is 29.0 Å². The lowest BCUT2D eigenvalue weighted by molar-refractivity contribution is -0.137. The van der Waals surface area contributed by atoms with Gasteiger partial charge in [-0.25, -0.2) is 13.4 Å². The summed E-state index contributed by atoms with van der Waals surface area (Å²) in [6, 6.07) is 3.71. The maximum Gasteiger partial charge on any atom is 0.416 e. The summed E-state index contributed by atoms with van der Waals surface area (Å²) in [6.45, 7) is 0.616. The number of hydrogen-bond donors (Lipinski definition) is 1. The smallest absolute Gasteiger partial charge is 0.368 e. The number of alkyl halides is 3. The predicted molar refractivity (Wildman–Crippen MR) is 102 cm³/mol. The van der Waals surface area contributed by atoms with E-state index in [9.17, 15) is 26.4 Å². The van der Waals surface area contributed by atoms with Crippen molar-refractivity contribution >= 4 is 32.4 Å². The van der Waals surface area contributed by atoms with Crippen molar-refractivity contribution in [3.05, 3.63) is 40.4 Å². The molecule has 7 nitrogen and oxygen atoms in total. The Morgan fingerprint density at radius 1 is 1.33 bits per heavy atom. The van der Waals surface area contributed by atoms with Gasteiger partial charge in [-0.05, 0) is 31.0 Å². The van der Waals surface area contributed by atoms with E-state index in [1.807, 2.05) is 0 Å². The molecule has 0 bridgehead atoms. The third-order valence-electron chi connectivity index (χ3n) is 4.95. The second-order valence-corrected chi connectivity index (χ2v) is 10.0. The topological polar surface area (TPSA) is 88.6 Å². The number of benzene rings is 1. The van der Waals surface area contributed by atoms with Crippen molar-refractivity contribution in [2.24, 2.45) is 0 Å². The maximum absolute atomic E-state index is 13.0. The number of halogens is 3. The summed E-state index contributed by atoms with van der Waals surface area (Å²) in [6.07, 6.45) is -3.38. The average molecular weight is 461 g/mol. The number of anilines is 1. The van der Waals surface area contributed by atoms with E-state index in [-0.39, 0.29) is 19.0 Å². The van der Waals surface area contributed by atoms with E-state index >= 15 is 0 Å². The Morgan fingerprint density at radius 2 is 2.13 bits per heavy atom. The SMILES string of the molecule is O=C(Nc1nc2c(s1)CN(S(=O)(=O)c1cccc(C(F)(F)F)c1)CC2)C1CCCO1. The summed E-state index contributed by atoms with van der Waals surface area (Å²) in [5.74, 6) is -0.285. The lowest BCUT2D eigenvalue weighted by Gasteiger charge is -2.25. The fourth-order valence-corrected chi connectivity index (χ4v) is 5.95. The van der Waals surface area contributed by atoms with Gasteiger partial charge in [-0.3, -0.25) is 10.1 Å². The highest BCUT2D eigenvalue weighted by molar-refractivity contribution is 7.89. The molecule has 4 rings (SSSR count). The molecule has 1 atom stereocenters. The fourth-order valence-electron chi connectivity index (χ4n) is 3.38. The van der Waals surface area contributed by atoms with Gasteiger partial charge in [0, 0.05) is 24.4 Å². The highest BCUT2D eigenvalue weighted by Crippen LogP contribution is 2.34. The Labute approximate surface area is 174 Å². The first-order valence-corrected chi connectivity index (χ1v) is 11.5. The summed E-state index contributed by atoms with van der Waals surface area (Å²) in [5.41, 5.74) is -0.337. The number of fused-ring (bicyclic) bond motifs is 1. The summed E-state index contributed by atoms with van der Waals surface area (Å²) >= 11 is 1.16. The molecule has 12 heteroatoms. The molecule has 0 spiro atoms. The van der Waals surface area contributed by atoms with Gasteiger partial charge in [-0.1, -0.05) is 6.07 Å². The molecule has 2 aliphatic rings. The van der Waals surface area contributed by atoms with Crippen LogP contribution in [-0.2, 0) is 38.7 Å². The molecule has 0 saturated carbocycles. The molecule has 1 N–H and O–H groups in total. The molecule has 1 unspecified atom stereocenters. The van der Waals surface area contributed by atoms with Crippen molar-refractivity contribution in [2.45, 2.75) is 43.0 Å². The number of sulfonamides is 1. The minimum atomic E-state index is -4.63. The first-order valence-electron chi connectivity index (χ1n) is 9.23. The normalized spacial score (nSPS) is 20.2. The van der Waals surface area contributed by atoms with Gasteiger partial charge in [0.25, 0.3) is 5.91 Å². The second kappa shape index (κ2) is 7.91. The Bertz CT molecular complexity index is 1060. The van der Waals surface area contributed by atoms with E-state index in [1.165, 1.54) is 0 Å². The zero-order valence-electron chi connectivity index (χ0n) is 15.6. The molecule has 0 aliphatic carbocycles. The molecule has 2 aromatic rings. The van der Waals surface area contributed by atoms with E-state index in [2.05, 4.69) is 10.3 Å². The number of carbonyl (C=O) groups excluding carboxylic acids is 1. The lowest BCUT2D eigenvalue weighted by Crippen LogP contribution is -2.35. The van der Waals surface area contributed by atoms with Crippen molar-refractivity contribution in [3.8, 4) is 0 Å². The largest absolute Gasteiger partial charge is 0.416 e. The Balaban J connectivity index is 1.51. The molecule has 1 fully saturated rings. The van der Waals surface area contributed by atoms with Gasteiger partial charge in [0.05, 0.1) is 22.7 Å². The minimum absolute atomic E-state index is 0.0125. The van der Waals surface area contributed by atoms with Crippen molar-refractivity contribution in [1.29, 1.82) is 0 Å². The predicted octanol–water partition coefficient (Wildman–Crippen LogP) is 3.03. The van der Waals surface area contributed by atoms with Crippen LogP contribution in [0.5, 0.6) is 0 Å². The summed E-state index contributed by atoms with van der Waals surface area (Å²) < 4.78 is 71.1. The Morgan fingerprint density at radius 3 is 2.83 bits per heavy atom. The molecule has 30 heavy (non-hydrogen) atoms. The summed E-state index contributed by atoms with van der Waals surface area (Å²) in [4.78, 5) is 16.8. The lowest BCUT2D eigenvalue weighted by atomic mass is 10.2. The second-order valence-electron chi connectivity index (χ2n) is 6.99. The maximum atomic E-state index is 13.0. The van der Waals surface area contributed by atoms with Crippen molar-refractivity contribution in [1.82, 2.24) is 9.29 Å². The van der Waals surface area contributed by atoms with Gasteiger partial charge in [0.15, 0.2) is 5.13 Å². The fraction of sp³-hybridized carbons (Fsp3) is 0.444. The van der Waals surface area contributed by atoms with Crippen LogP contribution in [0.25, 0.3) is 0 Å².